The van der Waals surface area contributed by atoms with Crippen LogP contribution >= 0.6 is 11.3 Å². The topological polar surface area (TPSA) is 49.8 Å². The highest BCUT2D eigenvalue weighted by Gasteiger charge is 2.33. The molecule has 0 aliphatic carbocycles. The molecule has 9 heteroatoms. The van der Waals surface area contributed by atoms with E-state index in [1.54, 1.807) is 0 Å². The second kappa shape index (κ2) is 10.3. The van der Waals surface area contributed by atoms with E-state index in [4.69, 9.17) is 4.74 Å². The van der Waals surface area contributed by atoms with Crippen molar-refractivity contribution in [2.75, 3.05) is 26.7 Å². The maximum Gasteiger partial charge on any atom is 0.434 e. The number of hydrogen-bond donors (Lipinski definition) is 1. The van der Waals surface area contributed by atoms with Crippen LogP contribution in [0.4, 0.5) is 13.2 Å². The summed E-state index contributed by atoms with van der Waals surface area (Å²) in [6.07, 6.45) is -4.03. The van der Waals surface area contributed by atoms with Crippen LogP contribution in [0.3, 0.4) is 0 Å². The van der Waals surface area contributed by atoms with Gasteiger partial charge in [0.25, 0.3) is 0 Å². The van der Waals surface area contributed by atoms with Crippen LogP contribution in [0.1, 0.15) is 30.1 Å². The van der Waals surface area contributed by atoms with Crippen molar-refractivity contribution in [2.24, 2.45) is 4.99 Å². The molecule has 0 radical (unpaired) electrons. The van der Waals surface area contributed by atoms with Crippen molar-refractivity contribution in [1.82, 2.24) is 15.2 Å². The summed E-state index contributed by atoms with van der Waals surface area (Å²) < 4.78 is 43.3. The molecule has 0 atom stereocenters. The number of nitrogens with zero attached hydrogens (tertiary/aromatic N) is 3. The molecule has 2 rings (SSSR count). The summed E-state index contributed by atoms with van der Waals surface area (Å²) in [5.41, 5.74) is 0.266. The highest BCUT2D eigenvalue weighted by molar-refractivity contribution is 7.09. The Hall–Kier alpha value is -2.29. The van der Waals surface area contributed by atoms with Gasteiger partial charge in [-0.15, -0.1) is 11.3 Å². The van der Waals surface area contributed by atoms with Crippen LogP contribution in [0.15, 0.2) is 34.6 Å². The van der Waals surface area contributed by atoms with Gasteiger partial charge >= 0.3 is 6.18 Å². The predicted octanol–water partition coefficient (Wildman–Crippen LogP) is 4.20. The third kappa shape index (κ3) is 6.70. The number of hydrogen-bond acceptors (Lipinski definition) is 4. The zero-order chi connectivity index (χ0) is 20.6. The summed E-state index contributed by atoms with van der Waals surface area (Å²) in [5.74, 6) is 1.53. The zero-order valence-electron chi connectivity index (χ0n) is 16.2. The molecule has 0 aliphatic rings. The summed E-state index contributed by atoms with van der Waals surface area (Å²) >= 11 is 1.01. The van der Waals surface area contributed by atoms with E-state index >= 15 is 0 Å². The van der Waals surface area contributed by atoms with E-state index in [1.807, 2.05) is 50.1 Å². The summed E-state index contributed by atoms with van der Waals surface area (Å²) in [7, 11) is 1.92. The number of benzene rings is 1. The Morgan fingerprint density at radius 3 is 2.54 bits per heavy atom. The Bertz CT molecular complexity index is 759. The average Bonchev–Trinajstić information content (AvgIpc) is 3.12. The van der Waals surface area contributed by atoms with Gasteiger partial charge in [0.05, 0.1) is 11.6 Å². The fraction of sp³-hybridized carbons (Fsp3) is 0.474. The van der Waals surface area contributed by atoms with E-state index in [-0.39, 0.29) is 0 Å². The monoisotopic (exact) mass is 414 g/mol. The SMILES string of the molecule is CCNC(=NCCc1nc(C(F)(F)F)cs1)N(C)Cc1ccc(OCC)cc1. The quantitative estimate of drug-likeness (QED) is 0.520. The number of guanidine groups is 1. The highest BCUT2D eigenvalue weighted by atomic mass is 32.1. The van der Waals surface area contributed by atoms with E-state index in [0.29, 0.717) is 43.6 Å². The smallest absolute Gasteiger partial charge is 0.434 e. The first-order valence-corrected chi connectivity index (χ1v) is 9.94. The number of aliphatic imine (C=N–C) groups is 1. The molecule has 0 saturated carbocycles. The molecular weight excluding hydrogens is 389 g/mol. The molecule has 0 unspecified atom stereocenters. The third-order valence-electron chi connectivity index (χ3n) is 3.78. The maximum absolute atomic E-state index is 12.6. The third-order valence-corrected chi connectivity index (χ3v) is 4.69. The van der Waals surface area contributed by atoms with Crippen molar-refractivity contribution in [1.29, 1.82) is 0 Å². The molecule has 1 heterocycles. The summed E-state index contributed by atoms with van der Waals surface area (Å²) in [6, 6.07) is 7.85. The minimum absolute atomic E-state index is 0.362. The molecule has 0 fully saturated rings. The molecule has 28 heavy (non-hydrogen) atoms. The molecule has 0 saturated heterocycles. The second-order valence-electron chi connectivity index (χ2n) is 6.04. The van der Waals surface area contributed by atoms with Crippen molar-refractivity contribution in [2.45, 2.75) is 33.0 Å². The lowest BCUT2D eigenvalue weighted by atomic mass is 10.2. The molecule has 1 aromatic heterocycles. The van der Waals surface area contributed by atoms with Crippen LogP contribution in [0.25, 0.3) is 0 Å². The first-order valence-electron chi connectivity index (χ1n) is 9.06. The van der Waals surface area contributed by atoms with Crippen LogP contribution in [0.2, 0.25) is 0 Å². The molecular formula is C19H25F3N4OS. The number of halogens is 3. The summed E-state index contributed by atoms with van der Waals surface area (Å²) in [5, 5.41) is 4.68. The lowest BCUT2D eigenvalue weighted by molar-refractivity contribution is -0.140. The van der Waals surface area contributed by atoms with E-state index < -0.39 is 11.9 Å². The Labute approximate surface area is 167 Å². The molecule has 0 amide bonds. The van der Waals surface area contributed by atoms with Gasteiger partial charge in [0.1, 0.15) is 5.75 Å². The number of aromatic nitrogens is 1. The molecule has 0 aliphatic heterocycles. The number of ether oxygens (including phenoxy) is 1. The van der Waals surface area contributed by atoms with Gasteiger partial charge in [-0.2, -0.15) is 13.2 Å². The van der Waals surface area contributed by atoms with E-state index in [0.717, 1.165) is 28.0 Å². The Morgan fingerprint density at radius 1 is 1.25 bits per heavy atom. The highest BCUT2D eigenvalue weighted by Crippen LogP contribution is 2.30. The van der Waals surface area contributed by atoms with Crippen LogP contribution in [-0.4, -0.2) is 42.6 Å². The van der Waals surface area contributed by atoms with Gasteiger partial charge in [0, 0.05) is 38.5 Å². The van der Waals surface area contributed by atoms with Crippen LogP contribution < -0.4 is 10.1 Å². The van der Waals surface area contributed by atoms with E-state index in [2.05, 4.69) is 15.3 Å². The van der Waals surface area contributed by atoms with Crippen LogP contribution in [0, 0.1) is 0 Å². The fourth-order valence-electron chi connectivity index (χ4n) is 2.49. The van der Waals surface area contributed by atoms with Crippen molar-refractivity contribution < 1.29 is 17.9 Å². The second-order valence-corrected chi connectivity index (χ2v) is 6.99. The number of nitrogens with one attached hydrogen (secondary N) is 1. The molecule has 5 nitrogen and oxygen atoms in total. The lowest BCUT2D eigenvalue weighted by Gasteiger charge is -2.22. The Kier molecular flexibility index (Phi) is 8.10. The van der Waals surface area contributed by atoms with Gasteiger partial charge in [0.15, 0.2) is 11.7 Å². The van der Waals surface area contributed by atoms with Crippen molar-refractivity contribution in [3.63, 3.8) is 0 Å². The zero-order valence-corrected chi connectivity index (χ0v) is 17.0. The summed E-state index contributed by atoms with van der Waals surface area (Å²) in [6.45, 7) is 6.24. The van der Waals surface area contributed by atoms with Crippen molar-refractivity contribution in [3.05, 3.63) is 45.9 Å². The van der Waals surface area contributed by atoms with E-state index in [1.165, 1.54) is 0 Å². The number of rotatable bonds is 8. The standard InChI is InChI=1S/C19H25F3N4OS/c1-4-23-18(24-11-10-17-25-16(13-28-17)19(20,21)22)26(3)12-14-6-8-15(9-7-14)27-5-2/h6-9,13H,4-5,10-12H2,1-3H3,(H,23,24). The molecule has 1 N–H and O–H groups in total. The molecule has 0 spiro atoms. The molecule has 1 aromatic carbocycles. The van der Waals surface area contributed by atoms with Gasteiger partial charge < -0.3 is 15.0 Å². The van der Waals surface area contributed by atoms with Crippen molar-refractivity contribution in [3.8, 4) is 5.75 Å². The normalized spacial score (nSPS) is 12.1. The first-order chi connectivity index (χ1) is 13.3. The van der Waals surface area contributed by atoms with Gasteiger partial charge in [-0.1, -0.05) is 12.1 Å². The van der Waals surface area contributed by atoms with Crippen molar-refractivity contribution >= 4 is 17.3 Å². The molecule has 0 bridgehead atoms. The number of thiazole rings is 1. The average molecular weight is 414 g/mol. The molecule has 154 valence electrons. The van der Waals surface area contributed by atoms with E-state index in [9.17, 15) is 13.2 Å². The van der Waals surface area contributed by atoms with Gasteiger partial charge in [0.2, 0.25) is 0 Å². The summed E-state index contributed by atoms with van der Waals surface area (Å²) in [4.78, 5) is 10.1. The minimum atomic E-state index is -4.40. The first kappa shape index (κ1) is 22.0. The van der Waals surface area contributed by atoms with Gasteiger partial charge in [-0.05, 0) is 31.5 Å². The largest absolute Gasteiger partial charge is 0.494 e. The Balaban J connectivity index is 1.95. The maximum atomic E-state index is 12.6. The van der Waals surface area contributed by atoms with Gasteiger partial charge in [-0.25, -0.2) is 4.98 Å². The fourth-order valence-corrected chi connectivity index (χ4v) is 3.28. The van der Waals surface area contributed by atoms with Crippen LogP contribution in [0.5, 0.6) is 5.75 Å². The van der Waals surface area contributed by atoms with Gasteiger partial charge in [-0.3, -0.25) is 4.99 Å². The Morgan fingerprint density at radius 2 is 1.96 bits per heavy atom. The minimum Gasteiger partial charge on any atom is -0.494 e. The molecule has 2 aromatic rings. The number of alkyl halides is 3. The predicted molar refractivity (Wildman–Crippen MR) is 106 cm³/mol. The lowest BCUT2D eigenvalue weighted by Crippen LogP contribution is -2.38. The van der Waals surface area contributed by atoms with Crippen LogP contribution in [-0.2, 0) is 19.1 Å².